The van der Waals surface area contributed by atoms with Crippen molar-refractivity contribution in [3.05, 3.63) is 99.6 Å². The number of nitrogens with zero attached hydrogens (tertiary/aromatic N) is 1. The van der Waals surface area contributed by atoms with Crippen LogP contribution in [0.1, 0.15) is 22.3 Å². The average molecular weight is 417 g/mol. The third kappa shape index (κ3) is 5.73. The summed E-state index contributed by atoms with van der Waals surface area (Å²) in [6.45, 7) is 4.34. The van der Waals surface area contributed by atoms with Gasteiger partial charge in [0.25, 0.3) is 5.91 Å². The summed E-state index contributed by atoms with van der Waals surface area (Å²) in [7, 11) is 0. The maximum Gasteiger partial charge on any atom is 0.266 e. The molecule has 0 aromatic heterocycles. The molecule has 5 heteroatoms. The minimum absolute atomic E-state index is 0.0433. The predicted molar refractivity (Wildman–Crippen MR) is 120 cm³/mol. The van der Waals surface area contributed by atoms with Gasteiger partial charge >= 0.3 is 0 Å². The van der Waals surface area contributed by atoms with Crippen molar-refractivity contribution < 1.29 is 9.53 Å². The van der Waals surface area contributed by atoms with Crippen LogP contribution in [0.3, 0.4) is 0 Å². The van der Waals surface area contributed by atoms with Gasteiger partial charge in [-0.25, -0.2) is 0 Å². The van der Waals surface area contributed by atoms with Crippen LogP contribution in [0, 0.1) is 25.2 Å². The fourth-order valence-corrected chi connectivity index (χ4v) is 3.05. The highest BCUT2D eigenvalue weighted by atomic mass is 35.5. The number of carbonyl (C=O) groups excluding carboxylic acids is 1. The van der Waals surface area contributed by atoms with Crippen molar-refractivity contribution in [2.24, 2.45) is 0 Å². The van der Waals surface area contributed by atoms with Crippen molar-refractivity contribution >= 4 is 29.3 Å². The van der Waals surface area contributed by atoms with E-state index in [1.807, 2.05) is 56.3 Å². The molecular formula is C25H21ClN2O2. The van der Waals surface area contributed by atoms with Gasteiger partial charge in [0.05, 0.1) is 0 Å². The van der Waals surface area contributed by atoms with Crippen LogP contribution in [-0.4, -0.2) is 5.91 Å². The van der Waals surface area contributed by atoms with Gasteiger partial charge in [-0.05, 0) is 55.8 Å². The van der Waals surface area contributed by atoms with Crippen LogP contribution >= 0.6 is 11.6 Å². The number of hydrogen-bond acceptors (Lipinski definition) is 3. The van der Waals surface area contributed by atoms with E-state index in [-0.39, 0.29) is 5.57 Å². The Bertz CT molecular complexity index is 1130. The first kappa shape index (κ1) is 21.2. The molecule has 150 valence electrons. The van der Waals surface area contributed by atoms with Gasteiger partial charge < -0.3 is 10.1 Å². The molecule has 3 aromatic rings. The monoisotopic (exact) mass is 416 g/mol. The van der Waals surface area contributed by atoms with Crippen LogP contribution < -0.4 is 10.1 Å². The lowest BCUT2D eigenvalue weighted by Gasteiger charge is -2.11. The molecule has 1 N–H and O–H groups in total. The molecule has 0 aliphatic rings. The Balaban J connectivity index is 1.82. The molecule has 0 aliphatic carbocycles. The van der Waals surface area contributed by atoms with Crippen LogP contribution in [0.15, 0.2) is 72.3 Å². The van der Waals surface area contributed by atoms with Gasteiger partial charge in [-0.3, -0.25) is 4.79 Å². The minimum atomic E-state index is -0.494. The number of halogens is 1. The van der Waals surface area contributed by atoms with Gasteiger partial charge in [0.15, 0.2) is 0 Å². The lowest BCUT2D eigenvalue weighted by atomic mass is 10.1. The van der Waals surface area contributed by atoms with Gasteiger partial charge in [0.1, 0.15) is 24.0 Å². The Labute approximate surface area is 181 Å². The van der Waals surface area contributed by atoms with Crippen molar-refractivity contribution in [1.82, 2.24) is 0 Å². The summed E-state index contributed by atoms with van der Waals surface area (Å²) in [6, 6.07) is 22.4. The van der Waals surface area contributed by atoms with E-state index in [1.165, 1.54) is 6.08 Å². The Morgan fingerprint density at radius 1 is 1.07 bits per heavy atom. The summed E-state index contributed by atoms with van der Waals surface area (Å²) in [5.74, 6) is 0.0442. The van der Waals surface area contributed by atoms with Gasteiger partial charge in [0, 0.05) is 16.3 Å². The second-order valence-electron chi connectivity index (χ2n) is 6.95. The molecule has 0 atom stereocenters. The molecule has 0 aliphatic heterocycles. The Morgan fingerprint density at radius 3 is 2.53 bits per heavy atom. The third-order valence-electron chi connectivity index (χ3n) is 4.42. The minimum Gasteiger partial charge on any atom is -0.488 e. The van der Waals surface area contributed by atoms with E-state index < -0.39 is 5.91 Å². The number of aryl methyl sites for hydroxylation is 2. The number of nitrogens with one attached hydrogen (secondary N) is 1. The first-order valence-electron chi connectivity index (χ1n) is 9.42. The van der Waals surface area contributed by atoms with E-state index in [9.17, 15) is 10.1 Å². The van der Waals surface area contributed by atoms with Crippen molar-refractivity contribution in [3.63, 3.8) is 0 Å². The van der Waals surface area contributed by atoms with Crippen molar-refractivity contribution in [2.75, 3.05) is 5.32 Å². The van der Waals surface area contributed by atoms with E-state index in [0.29, 0.717) is 28.6 Å². The summed E-state index contributed by atoms with van der Waals surface area (Å²) >= 11 is 6.14. The quantitative estimate of drug-likeness (QED) is 0.391. The number of amides is 1. The molecule has 30 heavy (non-hydrogen) atoms. The van der Waals surface area contributed by atoms with Crippen LogP contribution in [0.25, 0.3) is 6.08 Å². The summed E-state index contributed by atoms with van der Waals surface area (Å²) in [5, 5.41) is 12.7. The number of carbonyl (C=O) groups is 1. The molecular weight excluding hydrogens is 396 g/mol. The average Bonchev–Trinajstić information content (AvgIpc) is 2.73. The Kier molecular flexibility index (Phi) is 6.90. The fourth-order valence-electron chi connectivity index (χ4n) is 2.87. The molecule has 3 rings (SSSR count). The van der Waals surface area contributed by atoms with Gasteiger partial charge in [-0.1, -0.05) is 59.1 Å². The molecule has 3 aromatic carbocycles. The molecule has 0 bridgehead atoms. The number of ether oxygens (including phenoxy) is 1. The molecule has 0 heterocycles. The number of anilines is 1. The maximum absolute atomic E-state index is 12.6. The maximum atomic E-state index is 12.6. The number of hydrogen-bond donors (Lipinski definition) is 1. The Morgan fingerprint density at radius 2 is 1.83 bits per heavy atom. The van der Waals surface area contributed by atoms with Crippen molar-refractivity contribution in [1.29, 1.82) is 5.26 Å². The molecule has 0 radical (unpaired) electrons. The van der Waals surface area contributed by atoms with Crippen LogP contribution in [0.4, 0.5) is 5.69 Å². The second-order valence-corrected chi connectivity index (χ2v) is 7.39. The largest absolute Gasteiger partial charge is 0.488 e. The smallest absolute Gasteiger partial charge is 0.266 e. The normalized spacial score (nSPS) is 10.9. The summed E-state index contributed by atoms with van der Waals surface area (Å²) in [4.78, 5) is 12.6. The number of nitriles is 1. The zero-order valence-corrected chi connectivity index (χ0v) is 17.5. The molecule has 4 nitrogen and oxygen atoms in total. The molecule has 1 amide bonds. The van der Waals surface area contributed by atoms with Crippen LogP contribution in [0.5, 0.6) is 5.75 Å². The summed E-state index contributed by atoms with van der Waals surface area (Å²) < 4.78 is 5.95. The number of benzene rings is 3. The fraction of sp³-hybridized carbons (Fsp3) is 0.120. The van der Waals surface area contributed by atoms with Crippen molar-refractivity contribution in [2.45, 2.75) is 20.5 Å². The SMILES string of the molecule is Cc1ccc(NC(=O)/C(C#N)=C/c2cc(Cl)ccc2OCc2cccc(C)c2)cc1. The molecule has 0 saturated carbocycles. The third-order valence-corrected chi connectivity index (χ3v) is 4.66. The Hall–Kier alpha value is -3.55. The lowest BCUT2D eigenvalue weighted by molar-refractivity contribution is -0.112. The highest BCUT2D eigenvalue weighted by Gasteiger charge is 2.12. The summed E-state index contributed by atoms with van der Waals surface area (Å²) in [5.41, 5.74) is 4.39. The van der Waals surface area contributed by atoms with E-state index in [1.54, 1.807) is 30.3 Å². The first-order valence-corrected chi connectivity index (χ1v) is 9.80. The molecule has 0 saturated heterocycles. The van der Waals surface area contributed by atoms with E-state index >= 15 is 0 Å². The van der Waals surface area contributed by atoms with E-state index in [4.69, 9.17) is 16.3 Å². The topological polar surface area (TPSA) is 62.1 Å². The lowest BCUT2D eigenvalue weighted by Crippen LogP contribution is -2.13. The number of rotatable bonds is 6. The first-order chi connectivity index (χ1) is 14.4. The highest BCUT2D eigenvalue weighted by molar-refractivity contribution is 6.30. The van der Waals surface area contributed by atoms with Gasteiger partial charge in [0.2, 0.25) is 0 Å². The van der Waals surface area contributed by atoms with Crippen LogP contribution in [-0.2, 0) is 11.4 Å². The standard InChI is InChI=1S/C25H21ClN2O2/c1-17-6-9-23(10-7-17)28-25(29)21(15-27)13-20-14-22(26)8-11-24(20)30-16-19-5-3-4-18(2)12-19/h3-14H,16H2,1-2H3,(H,28,29)/b21-13+. The molecule has 0 spiro atoms. The predicted octanol–water partition coefficient (Wildman–Crippen LogP) is 6.08. The van der Waals surface area contributed by atoms with E-state index in [0.717, 1.165) is 16.7 Å². The zero-order valence-electron chi connectivity index (χ0n) is 16.8. The zero-order chi connectivity index (χ0) is 21.5. The van der Waals surface area contributed by atoms with Crippen LogP contribution in [0.2, 0.25) is 5.02 Å². The summed E-state index contributed by atoms with van der Waals surface area (Å²) in [6.07, 6.45) is 1.49. The van der Waals surface area contributed by atoms with Gasteiger partial charge in [-0.2, -0.15) is 5.26 Å². The van der Waals surface area contributed by atoms with Gasteiger partial charge in [-0.15, -0.1) is 0 Å². The molecule has 0 fully saturated rings. The van der Waals surface area contributed by atoms with E-state index in [2.05, 4.69) is 5.32 Å². The highest BCUT2D eigenvalue weighted by Crippen LogP contribution is 2.26. The molecule has 0 unspecified atom stereocenters. The second kappa shape index (κ2) is 9.78. The van der Waals surface area contributed by atoms with Crippen molar-refractivity contribution in [3.8, 4) is 11.8 Å².